The zero-order chi connectivity index (χ0) is 25.3. The van der Waals surface area contributed by atoms with Gasteiger partial charge in [-0.15, -0.1) is 0 Å². The minimum absolute atomic E-state index is 0.0233. The van der Waals surface area contributed by atoms with Crippen molar-refractivity contribution in [2.75, 3.05) is 39.8 Å². The second-order valence-corrected chi connectivity index (χ2v) is 10.8. The molecule has 35 heavy (non-hydrogen) atoms. The van der Waals surface area contributed by atoms with E-state index >= 15 is 0 Å². The van der Waals surface area contributed by atoms with E-state index in [1.54, 1.807) is 4.90 Å². The maximum atomic E-state index is 12.9. The Kier molecular flexibility index (Phi) is 10.0. The summed E-state index contributed by atoms with van der Waals surface area (Å²) < 4.78 is 11.2. The molecule has 1 saturated heterocycles. The summed E-state index contributed by atoms with van der Waals surface area (Å²) in [6.07, 6.45) is 7.39. The maximum absolute atomic E-state index is 12.9. The summed E-state index contributed by atoms with van der Waals surface area (Å²) in [6.45, 7) is 9.58. The molecule has 0 aromatic heterocycles. The Morgan fingerprint density at radius 3 is 2.46 bits per heavy atom. The molecule has 2 N–H and O–H groups in total. The molecule has 1 fully saturated rings. The third-order valence-corrected chi connectivity index (χ3v) is 6.64. The molecule has 1 unspecified atom stereocenters. The lowest BCUT2D eigenvalue weighted by Crippen LogP contribution is -2.37. The first-order chi connectivity index (χ1) is 16.7. The van der Waals surface area contributed by atoms with Crippen LogP contribution in [0.15, 0.2) is 30.3 Å². The van der Waals surface area contributed by atoms with Crippen molar-refractivity contribution >= 4 is 17.6 Å². The van der Waals surface area contributed by atoms with Gasteiger partial charge in [0.05, 0.1) is 6.61 Å². The minimum atomic E-state index is -0.507. The number of carbonyl (C=O) groups is 2. The van der Waals surface area contributed by atoms with Crippen LogP contribution in [0.25, 0.3) is 5.57 Å². The third-order valence-electron chi connectivity index (χ3n) is 6.64. The lowest BCUT2D eigenvalue weighted by Gasteiger charge is -2.26. The third kappa shape index (κ3) is 9.21. The molecule has 3 rings (SSSR count). The van der Waals surface area contributed by atoms with Crippen molar-refractivity contribution in [3.8, 4) is 5.75 Å². The van der Waals surface area contributed by atoms with Crippen LogP contribution in [0.1, 0.15) is 64.9 Å². The van der Waals surface area contributed by atoms with Gasteiger partial charge in [-0.25, -0.2) is 4.79 Å². The molecule has 194 valence electrons. The topological polar surface area (TPSA) is 79.9 Å². The number of hydrogen-bond donors (Lipinski definition) is 2. The Labute approximate surface area is 210 Å². The SMILES string of the molecule is CN(CCCNC(=O)OC(C)(C)C)C(=O)C1CC=C(c2ccc(OCC3CCNCC3)cc2)CC1. The van der Waals surface area contributed by atoms with E-state index < -0.39 is 11.7 Å². The summed E-state index contributed by atoms with van der Waals surface area (Å²) in [5, 5.41) is 6.14. The number of nitrogens with one attached hydrogen (secondary N) is 2. The molecule has 1 aromatic rings. The highest BCUT2D eigenvalue weighted by molar-refractivity contribution is 5.80. The number of amides is 2. The summed E-state index contributed by atoms with van der Waals surface area (Å²) in [6, 6.07) is 8.40. The Hall–Kier alpha value is -2.54. The van der Waals surface area contributed by atoms with Crippen LogP contribution in [-0.2, 0) is 9.53 Å². The molecule has 2 amide bonds. The normalized spacial score (nSPS) is 19.0. The van der Waals surface area contributed by atoms with Crippen molar-refractivity contribution in [2.45, 2.75) is 64.9 Å². The van der Waals surface area contributed by atoms with Crippen LogP contribution in [0.3, 0.4) is 0 Å². The van der Waals surface area contributed by atoms with Crippen LogP contribution in [0.2, 0.25) is 0 Å². The second-order valence-electron chi connectivity index (χ2n) is 10.8. The zero-order valence-electron chi connectivity index (χ0n) is 21.9. The van der Waals surface area contributed by atoms with E-state index in [-0.39, 0.29) is 11.8 Å². The van der Waals surface area contributed by atoms with Crippen molar-refractivity contribution in [1.82, 2.24) is 15.5 Å². The number of nitrogens with zero attached hydrogens (tertiary/aromatic N) is 1. The first-order valence-corrected chi connectivity index (χ1v) is 13.1. The van der Waals surface area contributed by atoms with E-state index in [9.17, 15) is 9.59 Å². The van der Waals surface area contributed by atoms with Gasteiger partial charge in [0.2, 0.25) is 5.91 Å². The lowest BCUT2D eigenvalue weighted by molar-refractivity contribution is -0.134. The van der Waals surface area contributed by atoms with Gasteiger partial charge in [-0.05, 0) is 102 Å². The molecule has 1 aliphatic heterocycles. The van der Waals surface area contributed by atoms with Crippen LogP contribution >= 0.6 is 0 Å². The fourth-order valence-electron chi connectivity index (χ4n) is 4.59. The van der Waals surface area contributed by atoms with Gasteiger partial charge in [-0.2, -0.15) is 0 Å². The van der Waals surface area contributed by atoms with E-state index in [0.717, 1.165) is 44.7 Å². The van der Waals surface area contributed by atoms with Crippen LogP contribution in [0.5, 0.6) is 5.75 Å². The Morgan fingerprint density at radius 2 is 1.83 bits per heavy atom. The molecule has 7 nitrogen and oxygen atoms in total. The number of benzene rings is 1. The van der Waals surface area contributed by atoms with Crippen LogP contribution in [-0.4, -0.2) is 62.3 Å². The zero-order valence-corrected chi connectivity index (χ0v) is 21.9. The average molecular weight is 486 g/mol. The van der Waals surface area contributed by atoms with E-state index in [1.165, 1.54) is 24.0 Å². The fourth-order valence-corrected chi connectivity index (χ4v) is 4.59. The smallest absolute Gasteiger partial charge is 0.407 e. The number of piperidine rings is 1. The van der Waals surface area contributed by atoms with Crippen molar-refractivity contribution in [3.05, 3.63) is 35.9 Å². The fraction of sp³-hybridized carbons (Fsp3) is 0.643. The van der Waals surface area contributed by atoms with Crippen molar-refractivity contribution in [2.24, 2.45) is 11.8 Å². The van der Waals surface area contributed by atoms with E-state index in [2.05, 4.69) is 41.0 Å². The number of ether oxygens (including phenoxy) is 2. The molecular formula is C28H43N3O4. The molecule has 7 heteroatoms. The summed E-state index contributed by atoms with van der Waals surface area (Å²) >= 11 is 0. The monoisotopic (exact) mass is 485 g/mol. The summed E-state index contributed by atoms with van der Waals surface area (Å²) in [5.41, 5.74) is 2.02. The number of rotatable bonds is 9. The highest BCUT2D eigenvalue weighted by atomic mass is 16.6. The van der Waals surface area contributed by atoms with Crippen molar-refractivity contribution in [3.63, 3.8) is 0 Å². The van der Waals surface area contributed by atoms with Gasteiger partial charge in [0.25, 0.3) is 0 Å². The molecule has 1 aliphatic carbocycles. The molecular weight excluding hydrogens is 442 g/mol. The van der Waals surface area contributed by atoms with Gasteiger partial charge in [-0.1, -0.05) is 18.2 Å². The van der Waals surface area contributed by atoms with Gasteiger partial charge in [0.1, 0.15) is 11.4 Å². The molecule has 2 aliphatic rings. The van der Waals surface area contributed by atoms with Crippen molar-refractivity contribution in [1.29, 1.82) is 0 Å². The first kappa shape index (κ1) is 27.1. The van der Waals surface area contributed by atoms with E-state index in [0.29, 0.717) is 25.4 Å². The average Bonchev–Trinajstić information content (AvgIpc) is 2.85. The number of alkyl carbamates (subject to hydrolysis) is 1. The Morgan fingerprint density at radius 1 is 1.11 bits per heavy atom. The Balaban J connectivity index is 1.38. The summed E-state index contributed by atoms with van der Waals surface area (Å²) in [7, 11) is 1.84. The summed E-state index contributed by atoms with van der Waals surface area (Å²) in [4.78, 5) is 26.4. The van der Waals surface area contributed by atoms with E-state index in [4.69, 9.17) is 9.47 Å². The van der Waals surface area contributed by atoms with Gasteiger partial charge in [0.15, 0.2) is 0 Å². The highest BCUT2D eigenvalue weighted by Gasteiger charge is 2.25. The second kappa shape index (κ2) is 13.0. The predicted octanol–water partition coefficient (Wildman–Crippen LogP) is 4.62. The van der Waals surface area contributed by atoms with Crippen molar-refractivity contribution < 1.29 is 19.1 Å². The van der Waals surface area contributed by atoms with Crippen LogP contribution in [0.4, 0.5) is 4.79 Å². The highest BCUT2D eigenvalue weighted by Crippen LogP contribution is 2.32. The standard InChI is InChI=1S/C28H43N3O4/c1-28(2,3)35-27(33)30-16-5-19-31(4)26(32)24-8-6-22(7-9-24)23-10-12-25(13-11-23)34-20-21-14-17-29-18-15-21/h6,10-13,21,24,29H,5,7-9,14-20H2,1-4H3,(H,30,33). The van der Waals surface area contributed by atoms with E-state index in [1.807, 2.05) is 27.8 Å². The van der Waals surface area contributed by atoms with Gasteiger partial charge < -0.3 is 25.0 Å². The van der Waals surface area contributed by atoms with Gasteiger partial charge in [0, 0.05) is 26.1 Å². The molecule has 0 saturated carbocycles. The predicted molar refractivity (Wildman–Crippen MR) is 139 cm³/mol. The largest absolute Gasteiger partial charge is 0.493 e. The number of hydrogen-bond acceptors (Lipinski definition) is 5. The van der Waals surface area contributed by atoms with Crippen LogP contribution in [0, 0.1) is 11.8 Å². The first-order valence-electron chi connectivity index (χ1n) is 13.1. The van der Waals surface area contributed by atoms with Gasteiger partial charge >= 0.3 is 6.09 Å². The Bertz CT molecular complexity index is 854. The van der Waals surface area contributed by atoms with Gasteiger partial charge in [-0.3, -0.25) is 4.79 Å². The summed E-state index contributed by atoms with van der Waals surface area (Å²) in [5.74, 6) is 1.78. The van der Waals surface area contributed by atoms with Crippen LogP contribution < -0.4 is 15.4 Å². The molecule has 1 heterocycles. The minimum Gasteiger partial charge on any atom is -0.493 e. The number of carbonyl (C=O) groups excluding carboxylic acids is 2. The quantitative estimate of drug-likeness (QED) is 0.499. The molecule has 0 radical (unpaired) electrons. The molecule has 1 atom stereocenters. The molecule has 1 aromatic carbocycles. The molecule has 0 bridgehead atoms. The number of allylic oxidation sites excluding steroid dienone is 2. The lowest BCUT2D eigenvalue weighted by atomic mass is 9.86. The maximum Gasteiger partial charge on any atom is 0.407 e. The molecule has 0 spiro atoms.